The highest BCUT2D eigenvalue weighted by Crippen LogP contribution is 2.23. The predicted octanol–water partition coefficient (Wildman–Crippen LogP) is 2.63. The lowest BCUT2D eigenvalue weighted by Gasteiger charge is -2.11. The number of rotatable bonds is 7. The lowest BCUT2D eigenvalue weighted by atomic mass is 10.2. The second-order valence-corrected chi connectivity index (χ2v) is 7.39. The third-order valence-corrected chi connectivity index (χ3v) is 4.84. The molecule has 0 aliphatic heterocycles. The summed E-state index contributed by atoms with van der Waals surface area (Å²) >= 11 is 0. The van der Waals surface area contributed by atoms with E-state index in [1.165, 1.54) is 18.2 Å². The highest BCUT2D eigenvalue weighted by molar-refractivity contribution is 7.89. The first-order chi connectivity index (χ1) is 13.0. The fourth-order valence-corrected chi connectivity index (χ4v) is 3.16. The van der Waals surface area contributed by atoms with Crippen molar-refractivity contribution in [2.75, 3.05) is 18.5 Å². The first-order valence-electron chi connectivity index (χ1n) is 8.26. The second kappa shape index (κ2) is 8.03. The molecular formula is C19H18N4O3S. The van der Waals surface area contributed by atoms with E-state index in [9.17, 15) is 13.7 Å². The Balaban J connectivity index is 1.57. The van der Waals surface area contributed by atoms with Gasteiger partial charge in [0, 0.05) is 18.1 Å². The van der Waals surface area contributed by atoms with Crippen molar-refractivity contribution in [3.8, 4) is 11.8 Å². The number of ether oxygens (including phenoxy) is 1. The molecule has 2 aromatic carbocycles. The lowest BCUT2D eigenvalue weighted by molar-refractivity contribution is 0.318. The summed E-state index contributed by atoms with van der Waals surface area (Å²) in [6.45, 7) is 1.03. The molecule has 3 rings (SSSR count). The van der Waals surface area contributed by atoms with Crippen LogP contribution < -0.4 is 15.2 Å². The summed E-state index contributed by atoms with van der Waals surface area (Å²) in [6.07, 6.45) is 2.41. The number of benzene rings is 2. The predicted molar refractivity (Wildman–Crippen MR) is 103 cm³/mol. The second-order valence-electron chi connectivity index (χ2n) is 5.82. The molecule has 0 fully saturated rings. The number of anilines is 1. The van der Waals surface area contributed by atoms with Gasteiger partial charge < -0.3 is 10.1 Å². The molecule has 0 spiro atoms. The Labute approximate surface area is 157 Å². The summed E-state index contributed by atoms with van der Waals surface area (Å²) in [7, 11) is -3.83. The van der Waals surface area contributed by atoms with Gasteiger partial charge in [0.2, 0.25) is 10.0 Å². The van der Waals surface area contributed by atoms with Crippen LogP contribution in [0.2, 0.25) is 0 Å². The minimum atomic E-state index is -3.83. The van der Waals surface area contributed by atoms with Gasteiger partial charge in [-0.25, -0.2) is 13.6 Å². The van der Waals surface area contributed by atoms with Crippen LogP contribution in [0.25, 0.3) is 10.9 Å². The molecule has 3 N–H and O–H groups in total. The van der Waals surface area contributed by atoms with Gasteiger partial charge in [-0.3, -0.25) is 4.98 Å². The number of nitrogens with one attached hydrogen (secondary N) is 1. The van der Waals surface area contributed by atoms with Gasteiger partial charge >= 0.3 is 0 Å². The number of hydrogen-bond donors (Lipinski definition) is 2. The Morgan fingerprint density at radius 2 is 2.00 bits per heavy atom. The van der Waals surface area contributed by atoms with Gasteiger partial charge in [-0.1, -0.05) is 18.2 Å². The Hall–Kier alpha value is -3.15. The zero-order valence-corrected chi connectivity index (χ0v) is 15.2. The van der Waals surface area contributed by atoms with E-state index in [0.29, 0.717) is 25.3 Å². The molecule has 0 amide bonds. The number of nitriles is 1. The Kier molecular flexibility index (Phi) is 5.54. The van der Waals surface area contributed by atoms with E-state index in [0.717, 1.165) is 16.7 Å². The molecule has 0 saturated heterocycles. The van der Waals surface area contributed by atoms with Crippen LogP contribution >= 0.6 is 0 Å². The van der Waals surface area contributed by atoms with E-state index in [-0.39, 0.29) is 10.5 Å². The topological polar surface area (TPSA) is 118 Å². The number of para-hydroxylation sites is 1. The van der Waals surface area contributed by atoms with Gasteiger partial charge in [0.25, 0.3) is 0 Å². The van der Waals surface area contributed by atoms with Gasteiger partial charge in [0.1, 0.15) is 17.3 Å². The van der Waals surface area contributed by atoms with Crippen molar-refractivity contribution < 1.29 is 13.2 Å². The lowest BCUT2D eigenvalue weighted by Crippen LogP contribution is -2.13. The number of nitrogens with two attached hydrogens (primary N) is 1. The third-order valence-electron chi connectivity index (χ3n) is 3.93. The highest BCUT2D eigenvalue weighted by atomic mass is 32.2. The molecule has 1 aromatic heterocycles. The van der Waals surface area contributed by atoms with E-state index in [1.807, 2.05) is 36.4 Å². The van der Waals surface area contributed by atoms with Gasteiger partial charge in [0.05, 0.1) is 22.8 Å². The maximum Gasteiger partial charge on any atom is 0.238 e. The van der Waals surface area contributed by atoms with Crippen LogP contribution in [0.3, 0.4) is 0 Å². The number of hydrogen-bond acceptors (Lipinski definition) is 6. The molecule has 7 nitrogen and oxygen atoms in total. The standard InChI is InChI=1S/C19H18N4O3S/c20-13-15-12-16(27(21,24)25)7-8-17(15)22-10-3-11-26-18-6-1-4-14-5-2-9-23-19(14)18/h1-2,4-9,12,22H,3,10-11H2,(H2,21,24,25). The molecule has 0 bridgehead atoms. The van der Waals surface area contributed by atoms with Crippen LogP contribution in [0.1, 0.15) is 12.0 Å². The Bertz CT molecular complexity index is 1100. The number of nitrogens with zero attached hydrogens (tertiary/aromatic N) is 2. The average molecular weight is 382 g/mol. The molecule has 0 unspecified atom stereocenters. The Morgan fingerprint density at radius 1 is 1.19 bits per heavy atom. The molecule has 0 atom stereocenters. The van der Waals surface area contributed by atoms with Gasteiger partial charge in [0.15, 0.2) is 0 Å². The van der Waals surface area contributed by atoms with Crippen LogP contribution in [0.15, 0.2) is 59.6 Å². The molecule has 0 radical (unpaired) electrons. The van der Waals surface area contributed by atoms with Crippen LogP contribution in [0.5, 0.6) is 5.75 Å². The van der Waals surface area contributed by atoms with E-state index < -0.39 is 10.0 Å². The zero-order valence-electron chi connectivity index (χ0n) is 14.4. The summed E-state index contributed by atoms with van der Waals surface area (Å²) in [5.41, 5.74) is 1.59. The fourth-order valence-electron chi connectivity index (χ4n) is 2.62. The number of pyridine rings is 1. The first-order valence-corrected chi connectivity index (χ1v) is 9.81. The molecule has 138 valence electrons. The van der Waals surface area contributed by atoms with E-state index >= 15 is 0 Å². The minimum Gasteiger partial charge on any atom is -0.491 e. The van der Waals surface area contributed by atoms with Crippen molar-refractivity contribution in [2.24, 2.45) is 5.14 Å². The van der Waals surface area contributed by atoms with Crippen LogP contribution in [-0.4, -0.2) is 26.6 Å². The van der Waals surface area contributed by atoms with Crippen molar-refractivity contribution >= 4 is 26.6 Å². The van der Waals surface area contributed by atoms with Crippen LogP contribution in [0.4, 0.5) is 5.69 Å². The largest absolute Gasteiger partial charge is 0.491 e. The maximum absolute atomic E-state index is 11.4. The van der Waals surface area contributed by atoms with Gasteiger partial charge in [-0.2, -0.15) is 5.26 Å². The molecule has 8 heteroatoms. The van der Waals surface area contributed by atoms with Gasteiger partial charge in [-0.15, -0.1) is 0 Å². The van der Waals surface area contributed by atoms with Crippen molar-refractivity contribution in [1.29, 1.82) is 5.26 Å². The van der Waals surface area contributed by atoms with E-state index in [4.69, 9.17) is 9.88 Å². The zero-order chi connectivity index (χ0) is 19.3. The van der Waals surface area contributed by atoms with Crippen LogP contribution in [-0.2, 0) is 10.0 Å². The maximum atomic E-state index is 11.4. The van der Waals surface area contributed by atoms with Crippen molar-refractivity contribution in [1.82, 2.24) is 4.98 Å². The molecule has 1 heterocycles. The third kappa shape index (κ3) is 4.53. The SMILES string of the molecule is N#Cc1cc(S(N)(=O)=O)ccc1NCCCOc1cccc2cccnc12. The molecule has 0 saturated carbocycles. The quantitative estimate of drug-likeness (QED) is 0.607. The monoisotopic (exact) mass is 382 g/mol. The van der Waals surface area contributed by atoms with Crippen LogP contribution in [0, 0.1) is 11.3 Å². The van der Waals surface area contributed by atoms with E-state index in [1.54, 1.807) is 6.20 Å². The van der Waals surface area contributed by atoms with Crippen molar-refractivity contribution in [3.05, 3.63) is 60.3 Å². The average Bonchev–Trinajstić information content (AvgIpc) is 2.67. The summed E-state index contributed by atoms with van der Waals surface area (Å²) < 4.78 is 28.5. The summed E-state index contributed by atoms with van der Waals surface area (Å²) in [6, 6.07) is 15.8. The Morgan fingerprint density at radius 3 is 2.78 bits per heavy atom. The molecule has 0 aliphatic carbocycles. The summed E-state index contributed by atoms with van der Waals surface area (Å²) in [4.78, 5) is 4.26. The molecular weight excluding hydrogens is 364 g/mol. The number of fused-ring (bicyclic) bond motifs is 1. The van der Waals surface area contributed by atoms with Gasteiger partial charge in [-0.05, 0) is 36.8 Å². The molecule has 3 aromatic rings. The fraction of sp³-hybridized carbons (Fsp3) is 0.158. The summed E-state index contributed by atoms with van der Waals surface area (Å²) in [5, 5.41) is 18.4. The normalized spacial score (nSPS) is 11.1. The van der Waals surface area contributed by atoms with Crippen molar-refractivity contribution in [3.63, 3.8) is 0 Å². The number of aromatic nitrogens is 1. The molecule has 27 heavy (non-hydrogen) atoms. The molecule has 0 aliphatic rings. The number of primary sulfonamides is 1. The first kappa shape index (κ1) is 18.6. The van der Waals surface area contributed by atoms with E-state index in [2.05, 4.69) is 10.3 Å². The van der Waals surface area contributed by atoms with Crippen molar-refractivity contribution in [2.45, 2.75) is 11.3 Å². The minimum absolute atomic E-state index is 0.0867. The number of sulfonamides is 1. The highest BCUT2D eigenvalue weighted by Gasteiger charge is 2.11. The smallest absolute Gasteiger partial charge is 0.238 e. The summed E-state index contributed by atoms with van der Waals surface area (Å²) in [5.74, 6) is 0.725.